The molecule has 0 aliphatic rings. The Bertz CT molecular complexity index is 514. The van der Waals surface area contributed by atoms with E-state index in [1.54, 1.807) is 0 Å². The molecule has 1 aromatic carbocycles. The summed E-state index contributed by atoms with van der Waals surface area (Å²) in [5, 5.41) is 5.28. The number of fused-ring (bicyclic) bond motifs is 1. The van der Waals surface area contributed by atoms with E-state index >= 15 is 0 Å². The minimum absolute atomic E-state index is 0.474. The molecule has 0 fully saturated rings. The third-order valence-electron chi connectivity index (χ3n) is 3.08. The van der Waals surface area contributed by atoms with Gasteiger partial charge < -0.3 is 9.88 Å². The average Bonchev–Trinajstić information content (AvgIpc) is 2.64. The summed E-state index contributed by atoms with van der Waals surface area (Å²) in [7, 11) is 1.98. The van der Waals surface area contributed by atoms with Gasteiger partial charge in [-0.3, -0.25) is 0 Å². The van der Waals surface area contributed by atoms with E-state index < -0.39 is 0 Å². The van der Waals surface area contributed by atoms with Crippen LogP contribution in [0.15, 0.2) is 24.4 Å². The molecule has 17 heavy (non-hydrogen) atoms. The molecule has 0 saturated carbocycles. The number of halogens is 1. The standard InChI is InChI=1S/C14H19ClN2/c1-10(2)17-9-11(6-7-16-3)13-8-12(15)4-5-14(13)17/h4-5,8-10,16H,6-7H2,1-3H3. The zero-order valence-electron chi connectivity index (χ0n) is 10.6. The fourth-order valence-corrected chi connectivity index (χ4v) is 2.36. The van der Waals surface area contributed by atoms with Crippen LogP contribution in [0.3, 0.4) is 0 Å². The van der Waals surface area contributed by atoms with Gasteiger partial charge >= 0.3 is 0 Å². The first-order valence-corrected chi connectivity index (χ1v) is 6.45. The second-order valence-corrected chi connectivity index (χ2v) is 5.11. The monoisotopic (exact) mass is 250 g/mol. The predicted octanol–water partition coefficient (Wildman–Crippen LogP) is 3.64. The molecule has 0 amide bonds. The molecular weight excluding hydrogens is 232 g/mol. The number of aromatic nitrogens is 1. The molecule has 3 heteroatoms. The smallest absolute Gasteiger partial charge is 0.0486 e. The van der Waals surface area contributed by atoms with Crippen molar-refractivity contribution in [2.75, 3.05) is 13.6 Å². The maximum atomic E-state index is 6.09. The lowest BCUT2D eigenvalue weighted by atomic mass is 10.1. The topological polar surface area (TPSA) is 17.0 Å². The largest absolute Gasteiger partial charge is 0.345 e. The molecule has 0 aliphatic heterocycles. The number of likely N-dealkylation sites (N-methyl/N-ethyl adjacent to an activating group) is 1. The number of nitrogens with one attached hydrogen (secondary N) is 1. The number of hydrogen-bond acceptors (Lipinski definition) is 1. The maximum absolute atomic E-state index is 6.09. The minimum Gasteiger partial charge on any atom is -0.345 e. The van der Waals surface area contributed by atoms with Gasteiger partial charge in [-0.2, -0.15) is 0 Å². The first-order chi connectivity index (χ1) is 8.13. The van der Waals surface area contributed by atoms with Crippen molar-refractivity contribution >= 4 is 22.5 Å². The van der Waals surface area contributed by atoms with Gasteiger partial charge in [-0.25, -0.2) is 0 Å². The zero-order valence-corrected chi connectivity index (χ0v) is 11.4. The zero-order chi connectivity index (χ0) is 12.4. The highest BCUT2D eigenvalue weighted by molar-refractivity contribution is 6.31. The molecule has 0 radical (unpaired) electrons. The summed E-state index contributed by atoms with van der Waals surface area (Å²) in [6.45, 7) is 5.40. The molecule has 2 aromatic rings. The fraction of sp³-hybridized carbons (Fsp3) is 0.429. The van der Waals surface area contributed by atoms with Crippen LogP contribution in [0, 0.1) is 0 Å². The number of nitrogens with zero attached hydrogens (tertiary/aromatic N) is 1. The van der Waals surface area contributed by atoms with Crippen LogP contribution in [-0.2, 0) is 6.42 Å². The van der Waals surface area contributed by atoms with Gasteiger partial charge in [-0.15, -0.1) is 0 Å². The Morgan fingerprint density at radius 1 is 1.35 bits per heavy atom. The number of hydrogen-bond donors (Lipinski definition) is 1. The van der Waals surface area contributed by atoms with E-state index in [-0.39, 0.29) is 0 Å². The van der Waals surface area contributed by atoms with Crippen molar-refractivity contribution in [3.63, 3.8) is 0 Å². The van der Waals surface area contributed by atoms with Crippen LogP contribution in [0.25, 0.3) is 10.9 Å². The molecule has 2 nitrogen and oxygen atoms in total. The van der Waals surface area contributed by atoms with E-state index in [0.29, 0.717) is 6.04 Å². The molecule has 0 spiro atoms. The molecule has 0 bridgehead atoms. The number of benzene rings is 1. The first-order valence-electron chi connectivity index (χ1n) is 6.07. The summed E-state index contributed by atoms with van der Waals surface area (Å²) in [4.78, 5) is 0. The van der Waals surface area contributed by atoms with Crippen molar-refractivity contribution in [1.82, 2.24) is 9.88 Å². The molecule has 0 saturated heterocycles. The number of rotatable bonds is 4. The summed E-state index contributed by atoms with van der Waals surface area (Å²) in [5.41, 5.74) is 2.64. The van der Waals surface area contributed by atoms with Crippen molar-refractivity contribution in [2.24, 2.45) is 0 Å². The van der Waals surface area contributed by atoms with Crippen LogP contribution in [0.1, 0.15) is 25.5 Å². The van der Waals surface area contributed by atoms with Crippen LogP contribution in [-0.4, -0.2) is 18.2 Å². The minimum atomic E-state index is 0.474. The van der Waals surface area contributed by atoms with Gasteiger partial charge in [0.1, 0.15) is 0 Å². The average molecular weight is 251 g/mol. The second-order valence-electron chi connectivity index (χ2n) is 4.67. The Morgan fingerprint density at radius 2 is 2.12 bits per heavy atom. The van der Waals surface area contributed by atoms with Crippen LogP contribution in [0.2, 0.25) is 5.02 Å². The highest BCUT2D eigenvalue weighted by Gasteiger charge is 2.10. The lowest BCUT2D eigenvalue weighted by Crippen LogP contribution is -2.10. The summed E-state index contributed by atoms with van der Waals surface area (Å²) < 4.78 is 2.32. The Balaban J connectivity index is 2.54. The van der Waals surface area contributed by atoms with E-state index in [9.17, 15) is 0 Å². The van der Waals surface area contributed by atoms with Crippen molar-refractivity contribution in [1.29, 1.82) is 0 Å². The third kappa shape index (κ3) is 2.48. The Hall–Kier alpha value is -0.990. The van der Waals surface area contributed by atoms with Gasteiger partial charge in [0.05, 0.1) is 0 Å². The molecule has 2 rings (SSSR count). The normalized spacial score (nSPS) is 11.6. The van der Waals surface area contributed by atoms with Crippen LogP contribution in [0.5, 0.6) is 0 Å². The van der Waals surface area contributed by atoms with E-state index in [1.807, 2.05) is 13.1 Å². The summed E-state index contributed by atoms with van der Waals surface area (Å²) in [5.74, 6) is 0. The first kappa shape index (κ1) is 12.5. The van der Waals surface area contributed by atoms with Crippen LogP contribution < -0.4 is 5.32 Å². The fourth-order valence-electron chi connectivity index (χ4n) is 2.18. The summed E-state index contributed by atoms with van der Waals surface area (Å²) >= 11 is 6.09. The van der Waals surface area contributed by atoms with Gasteiger partial charge in [0, 0.05) is 28.2 Å². The van der Waals surface area contributed by atoms with Crippen molar-refractivity contribution in [3.8, 4) is 0 Å². The van der Waals surface area contributed by atoms with Crippen molar-refractivity contribution in [2.45, 2.75) is 26.3 Å². The molecule has 1 aromatic heterocycles. The highest BCUT2D eigenvalue weighted by Crippen LogP contribution is 2.27. The highest BCUT2D eigenvalue weighted by atomic mass is 35.5. The molecule has 0 unspecified atom stereocenters. The molecule has 1 N–H and O–H groups in total. The lowest BCUT2D eigenvalue weighted by molar-refractivity contribution is 0.620. The third-order valence-corrected chi connectivity index (χ3v) is 3.31. The Labute approximate surface area is 108 Å². The summed E-state index contributed by atoms with van der Waals surface area (Å²) in [6, 6.07) is 6.62. The van der Waals surface area contributed by atoms with Crippen molar-refractivity contribution < 1.29 is 0 Å². The molecule has 0 aliphatic carbocycles. The molecular formula is C14H19ClN2. The van der Waals surface area contributed by atoms with Crippen LogP contribution >= 0.6 is 11.6 Å². The van der Waals surface area contributed by atoms with E-state index in [1.165, 1.54) is 16.5 Å². The van der Waals surface area contributed by atoms with Gasteiger partial charge in [0.2, 0.25) is 0 Å². The van der Waals surface area contributed by atoms with Crippen molar-refractivity contribution in [3.05, 3.63) is 35.0 Å². The lowest BCUT2D eigenvalue weighted by Gasteiger charge is -2.08. The maximum Gasteiger partial charge on any atom is 0.0486 e. The van der Waals surface area contributed by atoms with Crippen LogP contribution in [0.4, 0.5) is 0 Å². The molecule has 0 atom stereocenters. The van der Waals surface area contributed by atoms with E-state index in [2.05, 4.69) is 42.1 Å². The van der Waals surface area contributed by atoms with E-state index in [0.717, 1.165) is 18.0 Å². The summed E-state index contributed by atoms with van der Waals surface area (Å²) in [6.07, 6.45) is 3.29. The van der Waals surface area contributed by atoms with E-state index in [4.69, 9.17) is 11.6 Å². The van der Waals surface area contributed by atoms with Gasteiger partial charge in [-0.05, 0) is 57.6 Å². The second kappa shape index (κ2) is 5.11. The Morgan fingerprint density at radius 3 is 2.76 bits per heavy atom. The Kier molecular flexibility index (Phi) is 3.75. The van der Waals surface area contributed by atoms with Gasteiger partial charge in [-0.1, -0.05) is 11.6 Å². The molecule has 1 heterocycles. The molecule has 92 valence electrons. The quantitative estimate of drug-likeness (QED) is 0.877. The van der Waals surface area contributed by atoms with Gasteiger partial charge in [0.25, 0.3) is 0 Å². The van der Waals surface area contributed by atoms with Gasteiger partial charge in [0.15, 0.2) is 0 Å². The SMILES string of the molecule is CNCCc1cn(C(C)C)c2ccc(Cl)cc12. The predicted molar refractivity (Wildman–Crippen MR) is 75.0 cm³/mol.